The van der Waals surface area contributed by atoms with Crippen LogP contribution in [0.5, 0.6) is 5.75 Å². The third-order valence-electron chi connectivity index (χ3n) is 3.30. The van der Waals surface area contributed by atoms with Gasteiger partial charge in [0.2, 0.25) is 0 Å². The summed E-state index contributed by atoms with van der Waals surface area (Å²) in [4.78, 5) is 0. The van der Waals surface area contributed by atoms with Gasteiger partial charge in [-0.1, -0.05) is 35.9 Å². The van der Waals surface area contributed by atoms with Crippen LogP contribution in [0.1, 0.15) is 17.2 Å². The van der Waals surface area contributed by atoms with Gasteiger partial charge >= 0.3 is 0 Å². The van der Waals surface area contributed by atoms with Gasteiger partial charge in [0, 0.05) is 6.04 Å². The van der Waals surface area contributed by atoms with Crippen LogP contribution in [0.2, 0.25) is 5.02 Å². The third kappa shape index (κ3) is 3.30. The molecule has 1 N–H and O–H groups in total. The van der Waals surface area contributed by atoms with Crippen molar-refractivity contribution in [3.05, 3.63) is 64.4 Å². The van der Waals surface area contributed by atoms with Gasteiger partial charge in [0.25, 0.3) is 0 Å². The highest BCUT2D eigenvalue weighted by Gasteiger charge is 2.14. The SMILES string of the molecule is CNC(Cc1cccc(Cl)c1F)c1cccc(OC)c1. The first-order valence-corrected chi connectivity index (χ1v) is 6.77. The standard InChI is InChI=1S/C16H17ClFNO/c1-19-15(11-5-3-7-13(9-11)20-2)10-12-6-4-8-14(17)16(12)18/h3-9,15,19H,10H2,1-2H3. The zero-order valence-corrected chi connectivity index (χ0v) is 12.2. The van der Waals surface area contributed by atoms with Crippen LogP contribution in [0.15, 0.2) is 42.5 Å². The minimum atomic E-state index is -0.350. The van der Waals surface area contributed by atoms with Crippen LogP contribution in [-0.4, -0.2) is 14.2 Å². The number of hydrogen-bond donors (Lipinski definition) is 1. The highest BCUT2D eigenvalue weighted by Crippen LogP contribution is 2.25. The molecule has 0 heterocycles. The smallest absolute Gasteiger partial charge is 0.145 e. The van der Waals surface area contributed by atoms with Gasteiger partial charge in [0.1, 0.15) is 11.6 Å². The molecule has 4 heteroatoms. The van der Waals surface area contributed by atoms with Gasteiger partial charge in [-0.3, -0.25) is 0 Å². The van der Waals surface area contributed by atoms with Crippen LogP contribution in [0.25, 0.3) is 0 Å². The minimum absolute atomic E-state index is 0.00179. The number of likely N-dealkylation sites (N-methyl/N-ethyl adjacent to an activating group) is 1. The lowest BCUT2D eigenvalue weighted by Crippen LogP contribution is -2.19. The number of nitrogens with one attached hydrogen (secondary N) is 1. The van der Waals surface area contributed by atoms with E-state index in [9.17, 15) is 4.39 Å². The fourth-order valence-corrected chi connectivity index (χ4v) is 2.36. The molecule has 0 aliphatic rings. The first-order valence-electron chi connectivity index (χ1n) is 6.39. The van der Waals surface area contributed by atoms with Crippen LogP contribution in [0.4, 0.5) is 4.39 Å². The number of rotatable bonds is 5. The van der Waals surface area contributed by atoms with Gasteiger partial charge in [-0.15, -0.1) is 0 Å². The average molecular weight is 294 g/mol. The number of benzene rings is 2. The molecule has 2 aromatic rings. The Labute approximate surface area is 123 Å². The molecule has 2 nitrogen and oxygen atoms in total. The second kappa shape index (κ2) is 6.73. The summed E-state index contributed by atoms with van der Waals surface area (Å²) < 4.78 is 19.2. The molecule has 2 aromatic carbocycles. The Morgan fingerprint density at radius 3 is 2.70 bits per heavy atom. The average Bonchev–Trinajstić information content (AvgIpc) is 2.49. The number of ether oxygens (including phenoxy) is 1. The molecular formula is C16H17ClFNO. The van der Waals surface area contributed by atoms with Crippen LogP contribution >= 0.6 is 11.6 Å². The summed E-state index contributed by atoms with van der Waals surface area (Å²) in [6.07, 6.45) is 0.524. The van der Waals surface area contributed by atoms with E-state index >= 15 is 0 Å². The first-order chi connectivity index (χ1) is 9.65. The second-order valence-electron chi connectivity index (χ2n) is 4.53. The van der Waals surface area contributed by atoms with Crippen LogP contribution in [0, 0.1) is 5.82 Å². The van der Waals surface area contributed by atoms with Crippen molar-refractivity contribution in [1.29, 1.82) is 0 Å². The van der Waals surface area contributed by atoms with E-state index in [-0.39, 0.29) is 16.9 Å². The Bertz CT molecular complexity index is 588. The maximum Gasteiger partial charge on any atom is 0.145 e. The molecule has 1 unspecified atom stereocenters. The summed E-state index contributed by atoms with van der Waals surface area (Å²) in [6.45, 7) is 0. The molecule has 0 saturated carbocycles. The molecule has 106 valence electrons. The molecule has 0 amide bonds. The quantitative estimate of drug-likeness (QED) is 0.900. The summed E-state index contributed by atoms with van der Waals surface area (Å²) in [7, 11) is 3.48. The molecule has 0 radical (unpaired) electrons. The number of methoxy groups -OCH3 is 1. The molecule has 0 aliphatic heterocycles. The van der Waals surface area contributed by atoms with E-state index in [0.717, 1.165) is 11.3 Å². The summed E-state index contributed by atoms with van der Waals surface area (Å²) >= 11 is 5.82. The Hall–Kier alpha value is -1.58. The van der Waals surface area contributed by atoms with E-state index in [4.69, 9.17) is 16.3 Å². The maximum absolute atomic E-state index is 14.0. The molecule has 0 saturated heterocycles. The summed E-state index contributed by atoms with van der Waals surface area (Å²) in [5, 5.41) is 3.36. The monoisotopic (exact) mass is 293 g/mol. The van der Waals surface area contributed by atoms with Crippen molar-refractivity contribution in [3.8, 4) is 5.75 Å². The highest BCUT2D eigenvalue weighted by atomic mass is 35.5. The van der Waals surface area contributed by atoms with E-state index in [1.807, 2.05) is 31.3 Å². The minimum Gasteiger partial charge on any atom is -0.497 e. The lowest BCUT2D eigenvalue weighted by atomic mass is 9.98. The molecule has 0 aromatic heterocycles. The molecule has 0 fully saturated rings. The topological polar surface area (TPSA) is 21.3 Å². The molecule has 0 bridgehead atoms. The zero-order chi connectivity index (χ0) is 14.5. The van der Waals surface area contributed by atoms with E-state index in [1.165, 1.54) is 0 Å². The van der Waals surface area contributed by atoms with E-state index in [0.29, 0.717) is 12.0 Å². The first kappa shape index (κ1) is 14.8. The fourth-order valence-electron chi connectivity index (χ4n) is 2.17. The Morgan fingerprint density at radius 1 is 1.25 bits per heavy atom. The van der Waals surface area contributed by atoms with Crippen molar-refractivity contribution in [2.24, 2.45) is 0 Å². The van der Waals surface area contributed by atoms with E-state index < -0.39 is 0 Å². The highest BCUT2D eigenvalue weighted by molar-refractivity contribution is 6.30. The predicted molar refractivity (Wildman–Crippen MR) is 79.9 cm³/mol. The molecule has 0 aliphatic carbocycles. The summed E-state index contributed by atoms with van der Waals surface area (Å²) in [5.41, 5.74) is 1.64. The zero-order valence-electron chi connectivity index (χ0n) is 11.5. The summed E-state index contributed by atoms with van der Waals surface area (Å²) in [6, 6.07) is 12.8. The van der Waals surface area contributed by atoms with Crippen molar-refractivity contribution < 1.29 is 9.13 Å². The van der Waals surface area contributed by atoms with Crippen molar-refractivity contribution >= 4 is 11.6 Å². The lowest BCUT2D eigenvalue weighted by molar-refractivity contribution is 0.413. The molecule has 2 rings (SSSR count). The van der Waals surface area contributed by atoms with Crippen molar-refractivity contribution in [1.82, 2.24) is 5.32 Å². The van der Waals surface area contributed by atoms with Crippen LogP contribution in [-0.2, 0) is 6.42 Å². The van der Waals surface area contributed by atoms with Gasteiger partial charge in [-0.2, -0.15) is 0 Å². The van der Waals surface area contributed by atoms with Crippen molar-refractivity contribution in [2.75, 3.05) is 14.2 Å². The van der Waals surface area contributed by atoms with Gasteiger partial charge in [0.05, 0.1) is 12.1 Å². The molecule has 20 heavy (non-hydrogen) atoms. The van der Waals surface area contributed by atoms with Crippen LogP contribution < -0.4 is 10.1 Å². The largest absolute Gasteiger partial charge is 0.497 e. The molecular weight excluding hydrogens is 277 g/mol. The van der Waals surface area contributed by atoms with Gasteiger partial charge in [-0.05, 0) is 42.8 Å². The fraction of sp³-hybridized carbons (Fsp3) is 0.250. The molecule has 0 spiro atoms. The molecule has 1 atom stereocenters. The number of halogens is 2. The van der Waals surface area contributed by atoms with Gasteiger partial charge < -0.3 is 10.1 Å². The summed E-state index contributed by atoms with van der Waals surface area (Å²) in [5.74, 6) is 0.437. The third-order valence-corrected chi connectivity index (χ3v) is 3.59. The lowest BCUT2D eigenvalue weighted by Gasteiger charge is -2.18. The number of hydrogen-bond acceptors (Lipinski definition) is 2. The van der Waals surface area contributed by atoms with E-state index in [2.05, 4.69) is 5.32 Å². The normalized spacial score (nSPS) is 12.2. The van der Waals surface area contributed by atoms with Gasteiger partial charge in [-0.25, -0.2) is 4.39 Å². The Morgan fingerprint density at radius 2 is 2.00 bits per heavy atom. The van der Waals surface area contributed by atoms with Crippen molar-refractivity contribution in [3.63, 3.8) is 0 Å². The van der Waals surface area contributed by atoms with Crippen molar-refractivity contribution in [2.45, 2.75) is 12.5 Å². The van der Waals surface area contributed by atoms with E-state index in [1.54, 1.807) is 25.3 Å². The predicted octanol–water partition coefficient (Wildman–Crippen LogP) is 3.99. The maximum atomic E-state index is 14.0. The van der Waals surface area contributed by atoms with Crippen LogP contribution in [0.3, 0.4) is 0 Å². The Balaban J connectivity index is 2.26. The van der Waals surface area contributed by atoms with Gasteiger partial charge in [0.15, 0.2) is 0 Å². The Kier molecular flexibility index (Phi) is 4.99. The second-order valence-corrected chi connectivity index (χ2v) is 4.94.